The third-order valence-corrected chi connectivity index (χ3v) is 10.6. The highest BCUT2D eigenvalue weighted by molar-refractivity contribution is 7.27. The van der Waals surface area contributed by atoms with Crippen LogP contribution in [0.3, 0.4) is 0 Å². The molecule has 0 aliphatic heterocycles. The molecular formula is C46H56O4P2. The van der Waals surface area contributed by atoms with Gasteiger partial charge in [-0.05, 0) is 88.1 Å². The summed E-state index contributed by atoms with van der Waals surface area (Å²) in [6, 6.07) is 30.4. The van der Waals surface area contributed by atoms with Gasteiger partial charge in [0.1, 0.15) is 23.0 Å². The molecule has 2 atom stereocenters. The van der Waals surface area contributed by atoms with Gasteiger partial charge in [0.15, 0.2) is 0 Å². The Kier molecular flexibility index (Phi) is 12.1. The lowest BCUT2D eigenvalue weighted by atomic mass is 9.81. The predicted octanol–water partition coefficient (Wildman–Crippen LogP) is 13.6. The van der Waals surface area contributed by atoms with Crippen LogP contribution in [0.25, 0.3) is 0 Å². The number of benzene rings is 5. The Labute approximate surface area is 316 Å². The summed E-state index contributed by atoms with van der Waals surface area (Å²) >= 11 is 0. The van der Waals surface area contributed by atoms with Crippen molar-refractivity contribution in [3.63, 3.8) is 0 Å². The highest BCUT2D eigenvalue weighted by Crippen LogP contribution is 2.47. The van der Waals surface area contributed by atoms with Crippen LogP contribution in [0.4, 0.5) is 0 Å². The maximum Gasteiger partial charge on any atom is 0.275 e. The van der Waals surface area contributed by atoms with Crippen LogP contribution in [0.1, 0.15) is 114 Å². The molecule has 0 saturated heterocycles. The van der Waals surface area contributed by atoms with Crippen LogP contribution in [0.2, 0.25) is 0 Å². The van der Waals surface area contributed by atoms with Crippen molar-refractivity contribution in [1.29, 1.82) is 0 Å². The first kappa shape index (κ1) is 39.4. The maximum atomic E-state index is 6.71. The highest BCUT2D eigenvalue weighted by Gasteiger charge is 2.28. The molecule has 0 aliphatic rings. The van der Waals surface area contributed by atoms with Gasteiger partial charge in [0.05, 0.1) is 0 Å². The van der Waals surface area contributed by atoms with E-state index < -0.39 is 0 Å². The number of rotatable bonds is 11. The Morgan fingerprint density at radius 3 is 1.19 bits per heavy atom. The van der Waals surface area contributed by atoms with Crippen molar-refractivity contribution in [2.75, 3.05) is 0 Å². The predicted molar refractivity (Wildman–Crippen MR) is 223 cm³/mol. The first-order valence-electron chi connectivity index (χ1n) is 18.1. The third kappa shape index (κ3) is 9.38. The summed E-state index contributed by atoms with van der Waals surface area (Å²) in [5.74, 6) is 3.19. The van der Waals surface area contributed by atoms with Gasteiger partial charge in [0.2, 0.25) is 0 Å². The van der Waals surface area contributed by atoms with Gasteiger partial charge in [-0.3, -0.25) is 0 Å². The quantitative estimate of drug-likeness (QED) is 0.100. The van der Waals surface area contributed by atoms with Crippen molar-refractivity contribution < 1.29 is 18.1 Å². The summed E-state index contributed by atoms with van der Waals surface area (Å²) in [6.07, 6.45) is 0. The van der Waals surface area contributed by atoms with Crippen LogP contribution in [-0.2, 0) is 10.8 Å². The standard InChI is InChI=1S/C46H56O4P2/c1-28-14-18-35(19-15-28)42(36-24-31(4)22-33(6)43(36)49-51-47-40-20-16-29(2)26-38(40)45(8,9)10)37-25-32(5)23-34(7)44(37)50-52-48-41-21-17-30(3)27-39(41)46(11,12)13/h14-27,42,51-52H,1-13H3. The summed E-state index contributed by atoms with van der Waals surface area (Å²) in [5, 5.41) is 0. The molecule has 0 fully saturated rings. The molecule has 0 radical (unpaired) electrons. The van der Waals surface area contributed by atoms with Crippen LogP contribution in [-0.4, -0.2) is 0 Å². The van der Waals surface area contributed by atoms with Gasteiger partial charge in [0, 0.05) is 28.2 Å². The molecule has 0 aliphatic carbocycles. The van der Waals surface area contributed by atoms with Crippen molar-refractivity contribution in [1.82, 2.24) is 0 Å². The van der Waals surface area contributed by atoms with Crippen molar-refractivity contribution in [2.24, 2.45) is 0 Å². The van der Waals surface area contributed by atoms with E-state index in [2.05, 4.69) is 175 Å². The summed E-state index contributed by atoms with van der Waals surface area (Å²) in [7, 11) is -0.451. The molecule has 0 amide bonds. The van der Waals surface area contributed by atoms with Crippen LogP contribution in [0.5, 0.6) is 23.0 Å². The molecule has 5 aromatic carbocycles. The maximum absolute atomic E-state index is 6.71. The summed E-state index contributed by atoms with van der Waals surface area (Å²) < 4.78 is 26.3. The lowest BCUT2D eigenvalue weighted by Gasteiger charge is -2.27. The Hall–Kier alpha value is -3.84. The molecule has 6 heteroatoms. The minimum atomic E-state index is -0.225. The zero-order chi connectivity index (χ0) is 38.0. The van der Waals surface area contributed by atoms with Crippen LogP contribution in [0.15, 0.2) is 84.9 Å². The van der Waals surface area contributed by atoms with Crippen molar-refractivity contribution in [3.8, 4) is 23.0 Å². The second kappa shape index (κ2) is 16.0. The van der Waals surface area contributed by atoms with Crippen molar-refractivity contribution in [2.45, 2.75) is 107 Å². The monoisotopic (exact) mass is 734 g/mol. The van der Waals surface area contributed by atoms with Gasteiger partial charge in [-0.15, -0.1) is 0 Å². The minimum absolute atomic E-state index is 0.0646. The summed E-state index contributed by atoms with van der Waals surface area (Å²) in [5.41, 5.74) is 13.6. The normalized spacial score (nSPS) is 12.9. The van der Waals surface area contributed by atoms with Gasteiger partial charge in [-0.2, -0.15) is 0 Å². The fraction of sp³-hybridized carbons (Fsp3) is 0.348. The largest absolute Gasteiger partial charge is 0.440 e. The Morgan fingerprint density at radius 1 is 0.423 bits per heavy atom. The second-order valence-electron chi connectivity index (χ2n) is 16.4. The number of hydrogen-bond acceptors (Lipinski definition) is 4. The van der Waals surface area contributed by atoms with Crippen molar-refractivity contribution >= 4 is 18.1 Å². The van der Waals surface area contributed by atoms with Gasteiger partial charge >= 0.3 is 0 Å². The zero-order valence-corrected chi connectivity index (χ0v) is 35.3. The number of hydrogen-bond donors (Lipinski definition) is 0. The van der Waals surface area contributed by atoms with E-state index >= 15 is 0 Å². The molecule has 0 N–H and O–H groups in total. The SMILES string of the molecule is Cc1ccc(C(c2cc(C)cc(C)c2OPOc2ccc(C)cc2C(C)(C)C)c2cc(C)cc(C)c2OPOc2ccc(C)cc2C(C)(C)C)cc1. The van der Waals surface area contributed by atoms with Crippen LogP contribution < -0.4 is 18.1 Å². The van der Waals surface area contributed by atoms with Gasteiger partial charge in [-0.1, -0.05) is 142 Å². The summed E-state index contributed by atoms with van der Waals surface area (Å²) in [4.78, 5) is 0. The Balaban J connectivity index is 1.57. The third-order valence-electron chi connectivity index (χ3n) is 9.40. The first-order valence-corrected chi connectivity index (χ1v) is 19.7. The van der Waals surface area contributed by atoms with E-state index in [0.29, 0.717) is 0 Å². The fourth-order valence-electron chi connectivity index (χ4n) is 6.82. The van der Waals surface area contributed by atoms with E-state index in [9.17, 15) is 0 Å². The van der Waals surface area contributed by atoms with E-state index in [1.807, 2.05) is 0 Å². The Bertz CT molecular complexity index is 1910. The van der Waals surface area contributed by atoms with Crippen molar-refractivity contribution in [3.05, 3.63) is 152 Å². The Morgan fingerprint density at radius 2 is 0.808 bits per heavy atom. The lowest BCUT2D eigenvalue weighted by Crippen LogP contribution is -2.13. The molecule has 0 heterocycles. The van der Waals surface area contributed by atoms with E-state index in [-0.39, 0.29) is 34.8 Å². The van der Waals surface area contributed by atoms with E-state index in [0.717, 1.165) is 50.8 Å². The van der Waals surface area contributed by atoms with E-state index in [1.165, 1.54) is 38.9 Å². The molecule has 5 rings (SSSR count). The molecule has 2 unspecified atom stereocenters. The van der Waals surface area contributed by atoms with Gasteiger partial charge in [-0.25, -0.2) is 0 Å². The molecule has 274 valence electrons. The molecule has 52 heavy (non-hydrogen) atoms. The molecule has 0 aromatic heterocycles. The lowest BCUT2D eigenvalue weighted by molar-refractivity contribution is 0.485. The molecule has 5 aromatic rings. The molecule has 0 bridgehead atoms. The number of aryl methyl sites for hydroxylation is 7. The van der Waals surface area contributed by atoms with Crippen LogP contribution >= 0.6 is 18.1 Å². The topological polar surface area (TPSA) is 36.9 Å². The van der Waals surface area contributed by atoms with E-state index in [4.69, 9.17) is 18.1 Å². The van der Waals surface area contributed by atoms with E-state index in [1.54, 1.807) is 0 Å². The first-order chi connectivity index (χ1) is 24.4. The second-order valence-corrected chi connectivity index (χ2v) is 17.6. The fourth-order valence-corrected chi connectivity index (χ4v) is 8.16. The minimum Gasteiger partial charge on any atom is -0.440 e. The average molecular weight is 735 g/mol. The van der Waals surface area contributed by atoms with Gasteiger partial charge < -0.3 is 18.1 Å². The average Bonchev–Trinajstić information content (AvgIpc) is 3.04. The smallest absolute Gasteiger partial charge is 0.275 e. The highest BCUT2D eigenvalue weighted by atomic mass is 31.1. The van der Waals surface area contributed by atoms with Gasteiger partial charge in [0.25, 0.3) is 18.1 Å². The molecule has 0 saturated carbocycles. The molecule has 0 spiro atoms. The molecular weight excluding hydrogens is 678 g/mol. The van der Waals surface area contributed by atoms with Crippen LogP contribution in [0, 0.1) is 48.5 Å². The molecule has 4 nitrogen and oxygen atoms in total. The zero-order valence-electron chi connectivity index (χ0n) is 33.3. The summed E-state index contributed by atoms with van der Waals surface area (Å²) in [6.45, 7) is 28.2.